The van der Waals surface area contributed by atoms with Crippen molar-refractivity contribution in [1.29, 1.82) is 0 Å². The van der Waals surface area contributed by atoms with Crippen molar-refractivity contribution in [3.63, 3.8) is 0 Å². The Morgan fingerprint density at radius 2 is 1.79 bits per heavy atom. The van der Waals surface area contributed by atoms with Crippen LogP contribution in [-0.2, 0) is 17.4 Å². The summed E-state index contributed by atoms with van der Waals surface area (Å²) in [4.78, 5) is 26.1. The van der Waals surface area contributed by atoms with Crippen LogP contribution in [0.25, 0.3) is 16.2 Å². The molecule has 4 heterocycles. The van der Waals surface area contributed by atoms with Gasteiger partial charge in [0.2, 0.25) is 5.91 Å². The molecule has 0 bridgehead atoms. The number of imidazole rings is 1. The number of pyridine rings is 1. The summed E-state index contributed by atoms with van der Waals surface area (Å²) in [6.07, 6.45) is -1.32. The molecule has 1 aromatic carbocycles. The summed E-state index contributed by atoms with van der Waals surface area (Å²) < 4.78 is 40.2. The summed E-state index contributed by atoms with van der Waals surface area (Å²) in [7, 11) is 0. The third-order valence-electron chi connectivity index (χ3n) is 5.99. The molecule has 0 spiro atoms. The van der Waals surface area contributed by atoms with Gasteiger partial charge in [-0.15, -0.1) is 11.3 Å². The number of benzene rings is 1. The maximum Gasteiger partial charge on any atom is 0.417 e. The lowest BCUT2D eigenvalue weighted by Crippen LogP contribution is -2.49. The molecule has 0 saturated carbocycles. The van der Waals surface area contributed by atoms with Crippen LogP contribution in [-0.4, -0.2) is 51.4 Å². The first-order chi connectivity index (χ1) is 16.3. The molecule has 34 heavy (non-hydrogen) atoms. The minimum atomic E-state index is -4.40. The average molecular weight is 486 g/mol. The lowest BCUT2D eigenvalue weighted by atomic mass is 10.1. The summed E-state index contributed by atoms with van der Waals surface area (Å²) in [6, 6.07) is 10.6. The van der Waals surface area contributed by atoms with Crippen molar-refractivity contribution < 1.29 is 18.0 Å². The van der Waals surface area contributed by atoms with E-state index < -0.39 is 11.7 Å². The first-order valence-corrected chi connectivity index (χ1v) is 11.7. The van der Waals surface area contributed by atoms with Crippen LogP contribution in [0.4, 0.5) is 19.0 Å². The number of thiazole rings is 1. The van der Waals surface area contributed by atoms with E-state index in [1.54, 1.807) is 4.90 Å². The molecule has 0 aliphatic carbocycles. The third-order valence-corrected chi connectivity index (χ3v) is 6.88. The Kier molecular flexibility index (Phi) is 5.76. The van der Waals surface area contributed by atoms with Gasteiger partial charge in [0.1, 0.15) is 5.82 Å². The smallest absolute Gasteiger partial charge is 0.353 e. The average Bonchev–Trinajstić information content (AvgIpc) is 3.41. The van der Waals surface area contributed by atoms with Gasteiger partial charge < -0.3 is 9.80 Å². The van der Waals surface area contributed by atoms with Gasteiger partial charge >= 0.3 is 6.18 Å². The number of rotatable bonds is 4. The SMILES string of the molecule is Cc1ccc(-c2cn3c(CC(=O)N4CCN(c5ccc(C(F)(F)F)cn5)CC4)csc3n2)cc1. The van der Waals surface area contributed by atoms with E-state index in [9.17, 15) is 18.0 Å². The molecule has 1 aliphatic heterocycles. The molecular weight excluding hydrogens is 463 g/mol. The van der Waals surface area contributed by atoms with E-state index in [0.717, 1.165) is 34.2 Å². The summed E-state index contributed by atoms with van der Waals surface area (Å²) >= 11 is 1.51. The molecule has 0 unspecified atom stereocenters. The maximum atomic E-state index is 13.0. The van der Waals surface area contributed by atoms with Crippen molar-refractivity contribution in [1.82, 2.24) is 19.3 Å². The Morgan fingerprint density at radius 1 is 1.06 bits per heavy atom. The number of hydrogen-bond acceptors (Lipinski definition) is 5. The van der Waals surface area contributed by atoms with Gasteiger partial charge in [-0.1, -0.05) is 29.8 Å². The van der Waals surface area contributed by atoms with Crippen molar-refractivity contribution in [3.05, 3.63) is 71.0 Å². The Bertz CT molecular complexity index is 1300. The highest BCUT2D eigenvalue weighted by Crippen LogP contribution is 2.29. The van der Waals surface area contributed by atoms with Crippen LogP contribution in [0.15, 0.2) is 54.2 Å². The van der Waals surface area contributed by atoms with Crippen LogP contribution >= 0.6 is 11.3 Å². The van der Waals surface area contributed by atoms with Crippen molar-refractivity contribution >= 4 is 28.0 Å². The van der Waals surface area contributed by atoms with E-state index >= 15 is 0 Å². The first kappa shape index (κ1) is 22.4. The van der Waals surface area contributed by atoms with Crippen LogP contribution in [0, 0.1) is 6.92 Å². The molecular formula is C24H22F3N5OS. The molecule has 0 atom stereocenters. The number of hydrogen-bond donors (Lipinski definition) is 0. The Morgan fingerprint density at radius 3 is 2.44 bits per heavy atom. The van der Waals surface area contributed by atoms with E-state index in [0.29, 0.717) is 32.0 Å². The number of carbonyl (C=O) groups excluding carboxylic acids is 1. The van der Waals surface area contributed by atoms with Crippen molar-refractivity contribution in [2.24, 2.45) is 0 Å². The molecule has 1 amide bonds. The predicted octanol–water partition coefficient (Wildman–Crippen LogP) is 4.68. The van der Waals surface area contributed by atoms with Gasteiger partial charge in [-0.2, -0.15) is 13.2 Å². The summed E-state index contributed by atoms with van der Waals surface area (Å²) in [6.45, 7) is 4.07. The molecule has 0 N–H and O–H groups in total. The number of anilines is 1. The van der Waals surface area contributed by atoms with Gasteiger partial charge in [0.25, 0.3) is 0 Å². The largest absolute Gasteiger partial charge is 0.417 e. The van der Waals surface area contributed by atoms with Gasteiger partial charge in [-0.05, 0) is 19.1 Å². The van der Waals surface area contributed by atoms with Crippen molar-refractivity contribution in [2.75, 3.05) is 31.1 Å². The van der Waals surface area contributed by atoms with Gasteiger partial charge in [0, 0.05) is 55.2 Å². The van der Waals surface area contributed by atoms with Crippen LogP contribution in [0.1, 0.15) is 16.8 Å². The fourth-order valence-corrected chi connectivity index (χ4v) is 4.89. The number of alkyl halides is 3. The lowest BCUT2D eigenvalue weighted by molar-refractivity contribution is -0.137. The second-order valence-electron chi connectivity index (χ2n) is 8.32. The van der Waals surface area contributed by atoms with Crippen LogP contribution < -0.4 is 4.90 Å². The number of aromatic nitrogens is 3. The van der Waals surface area contributed by atoms with Crippen LogP contribution in [0.3, 0.4) is 0 Å². The number of halogens is 3. The lowest BCUT2D eigenvalue weighted by Gasteiger charge is -2.35. The van der Waals surface area contributed by atoms with Gasteiger partial charge in [0.15, 0.2) is 4.96 Å². The zero-order valence-corrected chi connectivity index (χ0v) is 19.2. The maximum absolute atomic E-state index is 13.0. The molecule has 1 aliphatic rings. The summed E-state index contributed by atoms with van der Waals surface area (Å²) in [5.41, 5.74) is 3.22. The quantitative estimate of drug-likeness (QED) is 0.421. The standard InChI is InChI=1S/C24H22F3N5OS/c1-16-2-4-17(5-3-16)20-14-32-19(15-34-23(32)29-20)12-22(33)31-10-8-30(9-11-31)21-7-6-18(13-28-21)24(25,26)27/h2-7,13-15H,8-12H2,1H3. The zero-order valence-electron chi connectivity index (χ0n) is 18.4. The first-order valence-electron chi connectivity index (χ1n) is 10.9. The Balaban J connectivity index is 1.22. The topological polar surface area (TPSA) is 53.7 Å². The molecule has 5 rings (SSSR count). The second-order valence-corrected chi connectivity index (χ2v) is 9.16. The summed E-state index contributed by atoms with van der Waals surface area (Å²) in [5.74, 6) is 0.506. The minimum Gasteiger partial charge on any atom is -0.353 e. The Hall–Kier alpha value is -3.40. The minimum absolute atomic E-state index is 0.0188. The van der Waals surface area contributed by atoms with Crippen molar-refractivity contribution in [3.8, 4) is 11.3 Å². The second kappa shape index (κ2) is 8.75. The van der Waals surface area contributed by atoms with Gasteiger partial charge in [0.05, 0.1) is 17.7 Å². The number of fused-ring (bicyclic) bond motifs is 1. The van der Waals surface area contributed by atoms with Gasteiger partial charge in [-0.25, -0.2) is 9.97 Å². The number of amides is 1. The van der Waals surface area contributed by atoms with E-state index in [-0.39, 0.29) is 12.3 Å². The molecule has 10 heteroatoms. The molecule has 1 fully saturated rings. The van der Waals surface area contributed by atoms with Crippen molar-refractivity contribution in [2.45, 2.75) is 19.5 Å². The fraction of sp³-hybridized carbons (Fsp3) is 0.292. The monoisotopic (exact) mass is 485 g/mol. The molecule has 3 aromatic heterocycles. The van der Waals surface area contributed by atoms with E-state index in [4.69, 9.17) is 4.98 Å². The highest BCUT2D eigenvalue weighted by atomic mass is 32.1. The Labute approximate surface area is 198 Å². The molecule has 0 radical (unpaired) electrons. The normalized spacial score (nSPS) is 14.7. The predicted molar refractivity (Wildman–Crippen MR) is 125 cm³/mol. The molecule has 4 aromatic rings. The number of nitrogens with zero attached hydrogens (tertiary/aromatic N) is 5. The van der Waals surface area contributed by atoms with E-state index in [2.05, 4.69) is 4.98 Å². The third kappa shape index (κ3) is 4.50. The van der Waals surface area contributed by atoms with Gasteiger partial charge in [-0.3, -0.25) is 9.20 Å². The highest BCUT2D eigenvalue weighted by molar-refractivity contribution is 7.15. The zero-order chi connectivity index (χ0) is 23.9. The fourth-order valence-electron chi connectivity index (χ4n) is 4.01. The highest BCUT2D eigenvalue weighted by Gasteiger charge is 2.31. The summed E-state index contributed by atoms with van der Waals surface area (Å²) in [5, 5.41) is 1.96. The molecule has 176 valence electrons. The molecule has 6 nitrogen and oxygen atoms in total. The van der Waals surface area contributed by atoms with E-state index in [1.807, 2.05) is 52.1 Å². The number of piperazine rings is 1. The van der Waals surface area contributed by atoms with Crippen LogP contribution in [0.2, 0.25) is 0 Å². The van der Waals surface area contributed by atoms with Crippen LogP contribution in [0.5, 0.6) is 0 Å². The number of carbonyl (C=O) groups is 1. The van der Waals surface area contributed by atoms with E-state index in [1.165, 1.54) is 23.0 Å². The number of aryl methyl sites for hydroxylation is 1. The molecule has 1 saturated heterocycles.